The highest BCUT2D eigenvalue weighted by molar-refractivity contribution is 6.20. The molecule has 3 aromatic rings. The fraction of sp³-hybridized carbons (Fsp3) is 0.345. The first-order chi connectivity index (χ1) is 19.5. The van der Waals surface area contributed by atoms with E-state index in [1.54, 1.807) is 51.2 Å². The number of hydroxylamine groups is 2. The molecule has 1 saturated heterocycles. The summed E-state index contributed by atoms with van der Waals surface area (Å²) in [5, 5.41) is 14.5. The maximum Gasteiger partial charge on any atom is 0.407 e. The lowest BCUT2D eigenvalue weighted by molar-refractivity contribution is -0.193. The molecule has 12 heteroatoms. The van der Waals surface area contributed by atoms with Crippen molar-refractivity contribution < 1.29 is 38.6 Å². The first kappa shape index (κ1) is 27.8. The molecule has 3 amide bonds. The van der Waals surface area contributed by atoms with E-state index in [9.17, 15) is 19.2 Å². The fourth-order valence-electron chi connectivity index (χ4n) is 4.55. The van der Waals surface area contributed by atoms with Gasteiger partial charge in [-0.25, -0.2) is 19.4 Å². The third-order valence-electron chi connectivity index (χ3n) is 6.58. The number of pyridine rings is 1. The van der Waals surface area contributed by atoms with E-state index in [2.05, 4.69) is 10.3 Å². The van der Waals surface area contributed by atoms with Crippen molar-refractivity contribution >= 4 is 40.5 Å². The van der Waals surface area contributed by atoms with E-state index < -0.39 is 35.6 Å². The first-order valence-corrected chi connectivity index (χ1v) is 13.1. The summed E-state index contributed by atoms with van der Waals surface area (Å²) in [6.45, 7) is 6.30. The summed E-state index contributed by atoms with van der Waals surface area (Å²) >= 11 is 0. The number of carbonyl (C=O) groups is 4. The monoisotopic (exact) mass is 562 g/mol. The zero-order valence-electron chi connectivity index (χ0n) is 22.8. The molecular formula is C29H30N4O8. The van der Waals surface area contributed by atoms with Crippen LogP contribution in [0.2, 0.25) is 0 Å². The van der Waals surface area contributed by atoms with Crippen molar-refractivity contribution in [1.29, 1.82) is 0 Å². The van der Waals surface area contributed by atoms with E-state index in [0.29, 0.717) is 36.3 Å². The van der Waals surface area contributed by atoms with E-state index in [4.69, 9.17) is 19.4 Å². The van der Waals surface area contributed by atoms with Crippen LogP contribution in [0.25, 0.3) is 10.8 Å². The molecule has 1 aromatic heterocycles. The molecule has 3 heterocycles. The van der Waals surface area contributed by atoms with Crippen LogP contribution >= 0.6 is 0 Å². The van der Waals surface area contributed by atoms with E-state index in [0.717, 1.165) is 10.8 Å². The Kier molecular flexibility index (Phi) is 7.50. The Balaban J connectivity index is 1.27. The lowest BCUT2D eigenvalue weighted by Gasteiger charge is -2.37. The number of benzene rings is 2. The maximum atomic E-state index is 13.0. The highest BCUT2D eigenvalue weighted by atomic mass is 16.7. The third-order valence-corrected chi connectivity index (χ3v) is 6.58. The molecular weight excluding hydrogens is 532 g/mol. The van der Waals surface area contributed by atoms with Gasteiger partial charge in [-0.05, 0) is 62.6 Å². The lowest BCUT2D eigenvalue weighted by Crippen LogP contribution is -2.51. The van der Waals surface area contributed by atoms with Crippen molar-refractivity contribution in [3.8, 4) is 5.75 Å². The minimum atomic E-state index is -1.41. The van der Waals surface area contributed by atoms with Crippen molar-refractivity contribution in [2.24, 2.45) is 5.92 Å². The second-order valence-corrected chi connectivity index (χ2v) is 10.9. The minimum absolute atomic E-state index is 0.186. The number of fused-ring (bicyclic) bond motifs is 2. The van der Waals surface area contributed by atoms with Crippen LogP contribution in [0.1, 0.15) is 41.5 Å². The topological polar surface area (TPSA) is 148 Å². The van der Waals surface area contributed by atoms with Gasteiger partial charge in [0.05, 0.1) is 11.1 Å². The van der Waals surface area contributed by atoms with E-state index in [-0.39, 0.29) is 23.7 Å². The average molecular weight is 563 g/mol. The molecule has 2 N–H and O–H groups in total. The number of esters is 1. The molecule has 0 bridgehead atoms. The van der Waals surface area contributed by atoms with Crippen LogP contribution < -0.4 is 10.1 Å². The molecule has 5 rings (SSSR count). The quantitative estimate of drug-likeness (QED) is 0.293. The molecule has 1 unspecified atom stereocenters. The van der Waals surface area contributed by atoms with Gasteiger partial charge in [-0.3, -0.25) is 9.59 Å². The molecule has 0 radical (unpaired) electrons. The van der Waals surface area contributed by atoms with Gasteiger partial charge in [0.2, 0.25) is 6.10 Å². The predicted octanol–water partition coefficient (Wildman–Crippen LogP) is 3.57. The van der Waals surface area contributed by atoms with E-state index in [1.165, 1.54) is 17.0 Å². The van der Waals surface area contributed by atoms with Crippen LogP contribution in [0.3, 0.4) is 0 Å². The maximum absolute atomic E-state index is 13.0. The number of likely N-dealkylation sites (tertiary alicyclic amines) is 1. The predicted molar refractivity (Wildman–Crippen MR) is 146 cm³/mol. The highest BCUT2D eigenvalue weighted by Gasteiger charge is 2.40. The summed E-state index contributed by atoms with van der Waals surface area (Å²) in [6, 6.07) is 13.4. The number of nitrogens with zero attached hydrogens (tertiary/aromatic N) is 3. The number of rotatable bonds is 9. The first-order valence-electron chi connectivity index (χ1n) is 13.1. The Hall–Kier alpha value is -4.71. The molecule has 1 atom stereocenters. The third kappa shape index (κ3) is 6.07. The van der Waals surface area contributed by atoms with Gasteiger partial charge >= 0.3 is 12.1 Å². The summed E-state index contributed by atoms with van der Waals surface area (Å²) in [6.07, 6.45) is -0.678. The highest BCUT2D eigenvalue weighted by Crippen LogP contribution is 2.28. The number of hydrogen-bond donors (Lipinski definition) is 2. The summed E-state index contributed by atoms with van der Waals surface area (Å²) in [5.41, 5.74) is -0.471. The summed E-state index contributed by atoms with van der Waals surface area (Å²) in [4.78, 5) is 61.0. The molecule has 214 valence electrons. The molecule has 1 fully saturated rings. The number of hydrogen-bond acceptors (Lipinski definition) is 9. The van der Waals surface area contributed by atoms with Crippen molar-refractivity contribution in [1.82, 2.24) is 14.9 Å². The van der Waals surface area contributed by atoms with Gasteiger partial charge in [0.25, 0.3) is 11.8 Å². The van der Waals surface area contributed by atoms with Crippen LogP contribution in [-0.4, -0.2) is 81.9 Å². The van der Waals surface area contributed by atoms with E-state index in [1.807, 2.05) is 12.1 Å². The second kappa shape index (κ2) is 11.0. The minimum Gasteiger partial charge on any atom is -0.490 e. The Morgan fingerprint density at radius 3 is 2.39 bits per heavy atom. The number of nitrogens with one attached hydrogen (secondary N) is 1. The average Bonchev–Trinajstić information content (AvgIpc) is 3.13. The normalized spacial score (nSPS) is 15.9. The Morgan fingerprint density at radius 2 is 1.76 bits per heavy atom. The van der Waals surface area contributed by atoms with Crippen LogP contribution in [0.4, 0.5) is 10.6 Å². The number of aromatic nitrogens is 1. The Labute approximate surface area is 235 Å². The summed E-state index contributed by atoms with van der Waals surface area (Å²) < 4.78 is 11.4. The number of carboxylic acid groups (broad SMARTS) is 1. The van der Waals surface area contributed by atoms with Crippen LogP contribution in [-0.2, 0) is 14.4 Å². The molecule has 0 spiro atoms. The fourth-order valence-corrected chi connectivity index (χ4v) is 4.55. The van der Waals surface area contributed by atoms with Crippen molar-refractivity contribution in [3.05, 3.63) is 65.9 Å². The van der Waals surface area contributed by atoms with Gasteiger partial charge in [-0.15, -0.1) is 5.06 Å². The van der Waals surface area contributed by atoms with Gasteiger partial charge in [0.1, 0.15) is 23.8 Å². The molecule has 0 aliphatic carbocycles. The standard InChI is InChI=1S/C29H30N4O8/c1-29(2,3)40-27(36)23(41-33-25(34)21-6-4-5-7-22(21)26(33)35)16-39-19-8-9-20-18(12-19)10-11-30-24(20)31-13-17-14-32(15-17)28(37)38/h4-12,17,23H,13-16H2,1-3H3,(H,30,31)(H,37,38). The summed E-state index contributed by atoms with van der Waals surface area (Å²) in [5.74, 6) is -0.848. The number of ether oxygens (including phenoxy) is 2. The number of imide groups is 1. The van der Waals surface area contributed by atoms with Crippen LogP contribution in [0.15, 0.2) is 54.7 Å². The summed E-state index contributed by atoms with van der Waals surface area (Å²) in [7, 11) is 0. The van der Waals surface area contributed by atoms with Crippen molar-refractivity contribution in [2.75, 3.05) is 31.6 Å². The number of amides is 3. The molecule has 2 aliphatic heterocycles. The lowest BCUT2D eigenvalue weighted by atomic mass is 10.0. The SMILES string of the molecule is CC(C)(C)OC(=O)C(COc1ccc2c(NCC3CN(C(=O)O)C3)nccc2c1)ON1C(=O)c2ccccc2C1=O. The van der Waals surface area contributed by atoms with Crippen molar-refractivity contribution in [2.45, 2.75) is 32.5 Å². The number of carbonyl (C=O) groups excluding carboxylic acids is 3. The van der Waals surface area contributed by atoms with E-state index >= 15 is 0 Å². The van der Waals surface area contributed by atoms with Gasteiger partial charge in [-0.1, -0.05) is 12.1 Å². The molecule has 12 nitrogen and oxygen atoms in total. The molecule has 0 saturated carbocycles. The number of anilines is 1. The smallest absolute Gasteiger partial charge is 0.407 e. The van der Waals surface area contributed by atoms with Gasteiger partial charge in [0, 0.05) is 37.1 Å². The van der Waals surface area contributed by atoms with Crippen molar-refractivity contribution in [3.63, 3.8) is 0 Å². The molecule has 2 aromatic carbocycles. The van der Waals surface area contributed by atoms with Crippen LogP contribution in [0.5, 0.6) is 5.75 Å². The Bertz CT molecular complexity index is 1480. The Morgan fingerprint density at radius 1 is 1.07 bits per heavy atom. The van der Waals surface area contributed by atoms with Gasteiger partial charge in [0.15, 0.2) is 0 Å². The zero-order valence-corrected chi connectivity index (χ0v) is 22.8. The second-order valence-electron chi connectivity index (χ2n) is 10.9. The van der Waals surface area contributed by atoms with Gasteiger partial charge in [-0.2, -0.15) is 0 Å². The zero-order chi connectivity index (χ0) is 29.3. The van der Waals surface area contributed by atoms with Crippen LogP contribution in [0, 0.1) is 5.92 Å². The van der Waals surface area contributed by atoms with Gasteiger partial charge < -0.3 is 24.8 Å². The molecule has 41 heavy (non-hydrogen) atoms. The molecule has 2 aliphatic rings. The largest absolute Gasteiger partial charge is 0.490 e.